The van der Waals surface area contributed by atoms with Gasteiger partial charge in [0, 0.05) is 21.3 Å². The van der Waals surface area contributed by atoms with Gasteiger partial charge in [0.15, 0.2) is 0 Å². The molecule has 0 rings (SSSR count). The summed E-state index contributed by atoms with van der Waals surface area (Å²) in [5, 5.41) is 0. The van der Waals surface area contributed by atoms with E-state index in [2.05, 4.69) is 25.7 Å². The molecule has 17 heavy (non-hydrogen) atoms. The first kappa shape index (κ1) is 17.1. The van der Waals surface area contributed by atoms with Crippen molar-refractivity contribution in [3.8, 4) is 0 Å². The lowest BCUT2D eigenvalue weighted by Crippen LogP contribution is -2.61. The fraction of sp³-hybridized carbons (Fsp3) is 1.00. The van der Waals surface area contributed by atoms with Gasteiger partial charge in [-0.05, 0) is 32.4 Å². The minimum absolute atomic E-state index is 0.252. The largest absolute Gasteiger partial charge is 0.518 e. The summed E-state index contributed by atoms with van der Waals surface area (Å²) >= 11 is 0. The van der Waals surface area contributed by atoms with Crippen LogP contribution in [0.2, 0.25) is 0 Å². The lowest BCUT2D eigenvalue weighted by Gasteiger charge is -2.39. The van der Waals surface area contributed by atoms with Gasteiger partial charge < -0.3 is 13.3 Å². The molecular weight excluding hydrogens is 234 g/mol. The Balaban J connectivity index is 4.94. The van der Waals surface area contributed by atoms with Crippen LogP contribution in [0.15, 0.2) is 0 Å². The molecule has 0 radical (unpaired) electrons. The predicted octanol–water partition coefficient (Wildman–Crippen LogP) is 2.30. The van der Waals surface area contributed by atoms with E-state index in [1.54, 1.807) is 21.3 Å². The molecule has 0 aliphatic carbocycles. The fourth-order valence-electron chi connectivity index (χ4n) is 2.39. The van der Waals surface area contributed by atoms with Crippen LogP contribution in [-0.4, -0.2) is 53.8 Å². The van der Waals surface area contributed by atoms with Crippen LogP contribution in [0, 0.1) is 0 Å². The van der Waals surface area contributed by atoms with Gasteiger partial charge >= 0.3 is 8.80 Å². The molecule has 1 atom stereocenters. The molecule has 0 fully saturated rings. The summed E-state index contributed by atoms with van der Waals surface area (Å²) in [6.07, 6.45) is 3.26. The molecule has 0 bridgehead atoms. The summed E-state index contributed by atoms with van der Waals surface area (Å²) in [6.45, 7) is 8.70. The van der Waals surface area contributed by atoms with Gasteiger partial charge in [0.25, 0.3) is 0 Å². The number of hydrogen-bond acceptors (Lipinski definition) is 4. The molecule has 0 saturated heterocycles. The van der Waals surface area contributed by atoms with Gasteiger partial charge in [0.05, 0.1) is 5.67 Å². The highest BCUT2D eigenvalue weighted by Crippen LogP contribution is 2.21. The normalized spacial score (nSPS) is 14.3. The van der Waals surface area contributed by atoms with Crippen LogP contribution in [0.4, 0.5) is 0 Å². The van der Waals surface area contributed by atoms with E-state index in [1.807, 2.05) is 0 Å². The first-order chi connectivity index (χ1) is 8.15. The van der Waals surface area contributed by atoms with E-state index in [-0.39, 0.29) is 5.67 Å². The Morgan fingerprint density at radius 1 is 0.882 bits per heavy atom. The first-order valence-corrected chi connectivity index (χ1v) is 8.35. The first-order valence-electron chi connectivity index (χ1n) is 6.55. The molecule has 0 aromatic rings. The molecule has 0 aliphatic heterocycles. The Kier molecular flexibility index (Phi) is 9.08. The van der Waals surface area contributed by atoms with Crippen LogP contribution in [0.3, 0.4) is 0 Å². The Morgan fingerprint density at radius 3 is 1.53 bits per heavy atom. The van der Waals surface area contributed by atoms with Crippen molar-refractivity contribution >= 4 is 8.80 Å². The van der Waals surface area contributed by atoms with Crippen molar-refractivity contribution in [2.45, 2.75) is 45.7 Å². The van der Waals surface area contributed by atoms with Crippen molar-refractivity contribution in [2.24, 2.45) is 0 Å². The second-order valence-electron chi connectivity index (χ2n) is 4.18. The zero-order chi connectivity index (χ0) is 13.3. The Hall–Kier alpha value is 0.0569. The topological polar surface area (TPSA) is 30.9 Å². The van der Waals surface area contributed by atoms with Crippen molar-refractivity contribution in [1.82, 2.24) is 4.90 Å². The average molecular weight is 263 g/mol. The predicted molar refractivity (Wildman–Crippen MR) is 73.0 cm³/mol. The molecule has 4 nitrogen and oxygen atoms in total. The third kappa shape index (κ3) is 4.33. The average Bonchev–Trinajstić information content (AvgIpc) is 2.36. The lowest BCUT2D eigenvalue weighted by molar-refractivity contribution is 0.0720. The SMILES string of the molecule is CCCN(CCC)C(CC)[Si](OC)(OC)OC. The van der Waals surface area contributed by atoms with Gasteiger partial charge in [-0.2, -0.15) is 0 Å². The van der Waals surface area contributed by atoms with Crippen molar-refractivity contribution in [2.75, 3.05) is 34.4 Å². The minimum atomic E-state index is -2.56. The summed E-state index contributed by atoms with van der Waals surface area (Å²) in [5.74, 6) is 0. The highest BCUT2D eigenvalue weighted by atomic mass is 28.4. The van der Waals surface area contributed by atoms with Gasteiger partial charge in [0.2, 0.25) is 0 Å². The Labute approximate surface area is 108 Å². The van der Waals surface area contributed by atoms with E-state index in [0.29, 0.717) is 0 Å². The molecule has 0 spiro atoms. The monoisotopic (exact) mass is 263 g/mol. The lowest BCUT2D eigenvalue weighted by atomic mass is 10.3. The van der Waals surface area contributed by atoms with Crippen molar-refractivity contribution < 1.29 is 13.3 Å². The zero-order valence-electron chi connectivity index (χ0n) is 12.3. The maximum absolute atomic E-state index is 5.62. The molecule has 104 valence electrons. The second kappa shape index (κ2) is 9.05. The van der Waals surface area contributed by atoms with E-state index in [4.69, 9.17) is 13.3 Å². The third-order valence-electron chi connectivity index (χ3n) is 3.11. The van der Waals surface area contributed by atoms with E-state index in [0.717, 1.165) is 32.4 Å². The van der Waals surface area contributed by atoms with Gasteiger partial charge in [-0.15, -0.1) is 0 Å². The highest BCUT2D eigenvalue weighted by Gasteiger charge is 2.48. The zero-order valence-corrected chi connectivity index (χ0v) is 13.3. The standard InChI is InChI=1S/C12H29NO3Si/c1-7-10-13(11-8-2)12(9-3)17(14-4,15-5)16-6/h12H,7-11H2,1-6H3. The quantitative estimate of drug-likeness (QED) is 0.566. The third-order valence-corrected chi connectivity index (χ3v) is 6.41. The van der Waals surface area contributed by atoms with Gasteiger partial charge in [-0.1, -0.05) is 20.8 Å². The fourth-order valence-corrected chi connectivity index (χ4v) is 4.91. The minimum Gasteiger partial charge on any atom is -0.376 e. The van der Waals surface area contributed by atoms with E-state index < -0.39 is 8.80 Å². The summed E-state index contributed by atoms with van der Waals surface area (Å²) in [6, 6.07) is 0. The molecule has 0 amide bonds. The van der Waals surface area contributed by atoms with Crippen LogP contribution in [0.5, 0.6) is 0 Å². The van der Waals surface area contributed by atoms with Crippen molar-refractivity contribution in [1.29, 1.82) is 0 Å². The van der Waals surface area contributed by atoms with Gasteiger partial charge in [0.1, 0.15) is 0 Å². The molecule has 0 saturated carbocycles. The molecular formula is C12H29NO3Si. The second-order valence-corrected chi connectivity index (χ2v) is 7.27. The summed E-state index contributed by atoms with van der Waals surface area (Å²) in [7, 11) is 2.52. The van der Waals surface area contributed by atoms with Crippen LogP contribution in [-0.2, 0) is 13.3 Å². The smallest absolute Gasteiger partial charge is 0.376 e. The summed E-state index contributed by atoms with van der Waals surface area (Å²) in [4.78, 5) is 2.45. The highest BCUT2D eigenvalue weighted by molar-refractivity contribution is 6.62. The van der Waals surface area contributed by atoms with Crippen LogP contribution < -0.4 is 0 Å². The number of nitrogens with zero attached hydrogens (tertiary/aromatic N) is 1. The van der Waals surface area contributed by atoms with Crippen LogP contribution in [0.25, 0.3) is 0 Å². The van der Waals surface area contributed by atoms with Gasteiger partial charge in [-0.3, -0.25) is 4.90 Å². The molecule has 5 heteroatoms. The molecule has 0 aromatic heterocycles. The van der Waals surface area contributed by atoms with Crippen molar-refractivity contribution in [3.63, 3.8) is 0 Å². The molecule has 0 aromatic carbocycles. The van der Waals surface area contributed by atoms with E-state index >= 15 is 0 Å². The summed E-state index contributed by atoms with van der Waals surface area (Å²) in [5.41, 5.74) is 0.252. The molecule has 0 aliphatic rings. The molecule has 0 heterocycles. The number of hydrogen-bond donors (Lipinski definition) is 0. The Bertz CT molecular complexity index is 174. The van der Waals surface area contributed by atoms with Crippen LogP contribution >= 0.6 is 0 Å². The van der Waals surface area contributed by atoms with Crippen molar-refractivity contribution in [3.05, 3.63) is 0 Å². The van der Waals surface area contributed by atoms with Gasteiger partial charge in [-0.25, -0.2) is 0 Å². The maximum atomic E-state index is 5.62. The molecule has 0 N–H and O–H groups in total. The van der Waals surface area contributed by atoms with E-state index in [9.17, 15) is 0 Å². The number of rotatable bonds is 10. The van der Waals surface area contributed by atoms with Crippen LogP contribution in [0.1, 0.15) is 40.0 Å². The Morgan fingerprint density at radius 2 is 1.29 bits per heavy atom. The maximum Gasteiger partial charge on any atom is 0.518 e. The molecule has 1 unspecified atom stereocenters. The van der Waals surface area contributed by atoms with E-state index in [1.165, 1.54) is 0 Å². The summed E-state index contributed by atoms with van der Waals surface area (Å²) < 4.78 is 16.8.